The van der Waals surface area contributed by atoms with E-state index in [0.29, 0.717) is 11.6 Å². The standard InChI is InChI=1S/C16H19N5O3S/c1-17-16(15-18-11-14(19(15)2)21(22)23)24-13-5-3-12(4-6-13)20-7-9-25-10-8-20/h3-6,11,16H,1,7-10H2,2H3. The number of thioether (sulfide) groups is 1. The Bertz CT molecular complexity index is 756. The van der Waals surface area contributed by atoms with E-state index in [4.69, 9.17) is 4.74 Å². The van der Waals surface area contributed by atoms with E-state index in [1.54, 1.807) is 7.05 Å². The van der Waals surface area contributed by atoms with Gasteiger partial charge in [-0.3, -0.25) is 0 Å². The summed E-state index contributed by atoms with van der Waals surface area (Å²) in [6, 6.07) is 7.75. The summed E-state index contributed by atoms with van der Waals surface area (Å²) in [5.74, 6) is 3.10. The van der Waals surface area contributed by atoms with E-state index in [9.17, 15) is 10.1 Å². The molecule has 1 aromatic heterocycles. The molecule has 0 N–H and O–H groups in total. The van der Waals surface area contributed by atoms with Crippen molar-refractivity contribution < 1.29 is 9.66 Å². The first-order valence-electron chi connectivity index (χ1n) is 7.81. The van der Waals surface area contributed by atoms with Crippen molar-refractivity contribution in [1.82, 2.24) is 9.55 Å². The van der Waals surface area contributed by atoms with Crippen LogP contribution in [0.3, 0.4) is 0 Å². The van der Waals surface area contributed by atoms with Gasteiger partial charge in [0, 0.05) is 30.3 Å². The molecule has 2 aromatic rings. The van der Waals surface area contributed by atoms with Crippen LogP contribution in [0.2, 0.25) is 0 Å². The highest BCUT2D eigenvalue weighted by molar-refractivity contribution is 7.99. The van der Waals surface area contributed by atoms with Crippen LogP contribution in [0.1, 0.15) is 12.1 Å². The molecule has 1 aliphatic heterocycles. The van der Waals surface area contributed by atoms with Gasteiger partial charge in [-0.2, -0.15) is 11.8 Å². The molecular formula is C16H19N5O3S. The van der Waals surface area contributed by atoms with E-state index in [1.165, 1.54) is 10.8 Å². The van der Waals surface area contributed by atoms with Crippen molar-refractivity contribution >= 4 is 30.0 Å². The van der Waals surface area contributed by atoms with Crippen LogP contribution in [0.25, 0.3) is 0 Å². The van der Waals surface area contributed by atoms with E-state index in [1.807, 2.05) is 36.0 Å². The SMILES string of the molecule is C=NC(Oc1ccc(N2CCSCC2)cc1)c1ncc([N+](=O)[O-])n1C. The number of anilines is 1. The Hall–Kier alpha value is -2.55. The number of aliphatic imine (C=N–C) groups is 1. The zero-order valence-electron chi connectivity index (χ0n) is 13.9. The Morgan fingerprint density at radius 1 is 1.36 bits per heavy atom. The van der Waals surface area contributed by atoms with Crippen molar-refractivity contribution in [2.24, 2.45) is 12.0 Å². The molecule has 8 nitrogen and oxygen atoms in total. The average Bonchev–Trinajstić information content (AvgIpc) is 3.02. The molecule has 132 valence electrons. The first-order chi connectivity index (χ1) is 12.1. The van der Waals surface area contributed by atoms with Crippen molar-refractivity contribution in [3.63, 3.8) is 0 Å². The molecular weight excluding hydrogens is 342 g/mol. The maximum absolute atomic E-state index is 10.9. The lowest BCUT2D eigenvalue weighted by Gasteiger charge is -2.28. The van der Waals surface area contributed by atoms with Gasteiger partial charge in [0.1, 0.15) is 11.9 Å². The zero-order valence-corrected chi connectivity index (χ0v) is 14.7. The fraction of sp³-hybridized carbons (Fsp3) is 0.375. The molecule has 0 saturated carbocycles. The number of nitrogens with zero attached hydrogens (tertiary/aromatic N) is 5. The number of rotatable bonds is 6. The number of hydrogen-bond acceptors (Lipinski definition) is 7. The number of imidazole rings is 1. The van der Waals surface area contributed by atoms with Gasteiger partial charge in [-0.25, -0.2) is 14.5 Å². The van der Waals surface area contributed by atoms with Crippen molar-refractivity contribution in [3.05, 3.63) is 46.4 Å². The normalized spacial score (nSPS) is 15.6. The third-order valence-corrected chi connectivity index (χ3v) is 4.98. The second-order valence-electron chi connectivity index (χ2n) is 5.54. The number of hydrogen-bond donors (Lipinski definition) is 0. The zero-order chi connectivity index (χ0) is 17.8. The average molecular weight is 361 g/mol. The van der Waals surface area contributed by atoms with Gasteiger partial charge in [0.2, 0.25) is 0 Å². The fourth-order valence-corrected chi connectivity index (χ4v) is 3.57. The van der Waals surface area contributed by atoms with Gasteiger partial charge in [-0.05, 0) is 35.9 Å². The van der Waals surface area contributed by atoms with Gasteiger partial charge in [0.15, 0.2) is 0 Å². The molecule has 1 atom stereocenters. The number of aromatic nitrogens is 2. The molecule has 1 aliphatic rings. The molecule has 1 saturated heterocycles. The number of benzene rings is 1. The lowest BCUT2D eigenvalue weighted by Crippen LogP contribution is -2.32. The van der Waals surface area contributed by atoms with Crippen LogP contribution in [-0.2, 0) is 7.05 Å². The topological polar surface area (TPSA) is 85.8 Å². The molecule has 0 amide bonds. The highest BCUT2D eigenvalue weighted by Gasteiger charge is 2.25. The predicted molar refractivity (Wildman–Crippen MR) is 98.8 cm³/mol. The molecule has 0 spiro atoms. The first kappa shape index (κ1) is 17.3. The lowest BCUT2D eigenvalue weighted by molar-refractivity contribution is -0.391. The van der Waals surface area contributed by atoms with E-state index in [2.05, 4.69) is 21.6 Å². The minimum absolute atomic E-state index is 0.120. The smallest absolute Gasteiger partial charge is 0.342 e. The Morgan fingerprint density at radius 2 is 2.04 bits per heavy atom. The number of nitro groups is 1. The molecule has 9 heteroatoms. The quantitative estimate of drug-likeness (QED) is 0.447. The lowest BCUT2D eigenvalue weighted by atomic mass is 10.2. The molecule has 1 aromatic carbocycles. The Morgan fingerprint density at radius 3 is 2.60 bits per heavy atom. The summed E-state index contributed by atoms with van der Waals surface area (Å²) in [6.07, 6.45) is 0.380. The highest BCUT2D eigenvalue weighted by atomic mass is 32.2. The maximum atomic E-state index is 10.9. The Balaban J connectivity index is 1.73. The summed E-state index contributed by atoms with van der Waals surface area (Å²) in [6.45, 7) is 5.59. The van der Waals surface area contributed by atoms with Gasteiger partial charge in [0.25, 0.3) is 12.1 Å². The van der Waals surface area contributed by atoms with Crippen molar-refractivity contribution in [2.45, 2.75) is 6.23 Å². The fourth-order valence-electron chi connectivity index (χ4n) is 2.67. The van der Waals surface area contributed by atoms with Crippen LogP contribution in [0.4, 0.5) is 11.5 Å². The van der Waals surface area contributed by atoms with Gasteiger partial charge >= 0.3 is 5.82 Å². The van der Waals surface area contributed by atoms with Crippen molar-refractivity contribution in [3.8, 4) is 5.75 Å². The number of ether oxygens (including phenoxy) is 1. The van der Waals surface area contributed by atoms with Crippen LogP contribution >= 0.6 is 11.8 Å². The van der Waals surface area contributed by atoms with Crippen LogP contribution in [-0.4, -0.2) is 45.8 Å². The van der Waals surface area contributed by atoms with Gasteiger partial charge in [0.05, 0.1) is 7.05 Å². The van der Waals surface area contributed by atoms with Crippen LogP contribution in [0.5, 0.6) is 5.75 Å². The largest absolute Gasteiger partial charge is 0.459 e. The molecule has 0 bridgehead atoms. The Labute approximate surface area is 149 Å². The first-order valence-corrected chi connectivity index (χ1v) is 8.97. The van der Waals surface area contributed by atoms with Gasteiger partial charge in [-0.1, -0.05) is 0 Å². The summed E-state index contributed by atoms with van der Waals surface area (Å²) >= 11 is 1.97. The van der Waals surface area contributed by atoms with Crippen molar-refractivity contribution in [2.75, 3.05) is 29.5 Å². The summed E-state index contributed by atoms with van der Waals surface area (Å²) in [4.78, 5) is 20.7. The summed E-state index contributed by atoms with van der Waals surface area (Å²) in [5.41, 5.74) is 1.16. The van der Waals surface area contributed by atoms with Gasteiger partial charge in [-0.15, -0.1) is 0 Å². The van der Waals surface area contributed by atoms with E-state index < -0.39 is 11.2 Å². The molecule has 1 unspecified atom stereocenters. The molecule has 0 radical (unpaired) electrons. The molecule has 3 rings (SSSR count). The molecule has 0 aliphatic carbocycles. The highest BCUT2D eigenvalue weighted by Crippen LogP contribution is 2.27. The molecule has 2 heterocycles. The summed E-state index contributed by atoms with van der Waals surface area (Å²) in [7, 11) is 1.56. The minimum Gasteiger partial charge on any atom is -0.459 e. The van der Waals surface area contributed by atoms with Crippen LogP contribution in [0.15, 0.2) is 35.5 Å². The van der Waals surface area contributed by atoms with E-state index in [-0.39, 0.29) is 5.82 Å². The predicted octanol–water partition coefficient (Wildman–Crippen LogP) is 2.66. The van der Waals surface area contributed by atoms with E-state index in [0.717, 1.165) is 30.3 Å². The van der Waals surface area contributed by atoms with Crippen LogP contribution in [0, 0.1) is 10.1 Å². The molecule has 25 heavy (non-hydrogen) atoms. The van der Waals surface area contributed by atoms with Crippen LogP contribution < -0.4 is 9.64 Å². The minimum atomic E-state index is -0.809. The van der Waals surface area contributed by atoms with Gasteiger partial charge < -0.3 is 19.8 Å². The van der Waals surface area contributed by atoms with E-state index >= 15 is 0 Å². The maximum Gasteiger partial charge on any atom is 0.342 e. The molecule has 1 fully saturated rings. The monoisotopic (exact) mass is 361 g/mol. The second-order valence-corrected chi connectivity index (χ2v) is 6.76. The summed E-state index contributed by atoms with van der Waals surface area (Å²) < 4.78 is 7.15. The third kappa shape index (κ3) is 3.76. The third-order valence-electron chi connectivity index (χ3n) is 4.03. The van der Waals surface area contributed by atoms with Crippen molar-refractivity contribution in [1.29, 1.82) is 0 Å². The Kier molecular flexibility index (Phi) is 5.22. The second kappa shape index (κ2) is 7.56. The summed E-state index contributed by atoms with van der Waals surface area (Å²) in [5, 5.41) is 10.9.